The van der Waals surface area contributed by atoms with Crippen LogP contribution in [0.5, 0.6) is 0 Å². The first-order chi connectivity index (χ1) is 10.8. The van der Waals surface area contributed by atoms with Crippen LogP contribution in [0.15, 0.2) is 24.3 Å². The molecule has 1 fully saturated rings. The molecule has 2 rings (SSSR count). The molecule has 23 heavy (non-hydrogen) atoms. The van der Waals surface area contributed by atoms with Crippen molar-refractivity contribution in [3.05, 3.63) is 34.9 Å². The normalized spacial score (nSPS) is 16.9. The molecule has 1 saturated heterocycles. The van der Waals surface area contributed by atoms with Gasteiger partial charge in [0, 0.05) is 5.02 Å². The Morgan fingerprint density at radius 2 is 1.78 bits per heavy atom. The average Bonchev–Trinajstić information content (AvgIpc) is 2.48. The molecule has 0 radical (unpaired) electrons. The topological polar surface area (TPSA) is 47.6 Å². The van der Waals surface area contributed by atoms with E-state index >= 15 is 0 Å². The van der Waals surface area contributed by atoms with Crippen molar-refractivity contribution < 1.29 is 14.3 Å². The summed E-state index contributed by atoms with van der Waals surface area (Å²) >= 11 is 5.86. The van der Waals surface area contributed by atoms with Gasteiger partial charge < -0.3 is 14.8 Å². The lowest BCUT2D eigenvalue weighted by Crippen LogP contribution is -2.32. The Hall–Kier alpha value is -1.10. The van der Waals surface area contributed by atoms with Gasteiger partial charge in [0.1, 0.15) is 5.60 Å². The van der Waals surface area contributed by atoms with Gasteiger partial charge in [-0.05, 0) is 71.3 Å². The number of halogens is 1. The van der Waals surface area contributed by atoms with E-state index in [9.17, 15) is 4.79 Å². The van der Waals surface area contributed by atoms with Crippen molar-refractivity contribution in [2.45, 2.75) is 58.3 Å². The zero-order chi connectivity index (χ0) is 17.3. The molecule has 130 valence electrons. The fraction of sp³-hybridized carbons (Fsp3) is 0.611. The highest BCUT2D eigenvalue weighted by atomic mass is 35.5. The van der Waals surface area contributed by atoms with Gasteiger partial charge in [-0.3, -0.25) is 4.79 Å². The summed E-state index contributed by atoms with van der Waals surface area (Å²) in [6, 6.07) is 7.90. The quantitative estimate of drug-likeness (QED) is 0.836. The molecule has 0 aliphatic carbocycles. The molecule has 1 unspecified atom stereocenters. The molecule has 0 spiro atoms. The number of hydrogen-bond acceptors (Lipinski definition) is 4. The largest absolute Gasteiger partial charge is 0.462 e. The van der Waals surface area contributed by atoms with Gasteiger partial charge in [0.05, 0.1) is 12.2 Å². The minimum absolute atomic E-state index is 0.153. The number of ether oxygens (including phenoxy) is 2. The van der Waals surface area contributed by atoms with Crippen LogP contribution in [0.2, 0.25) is 5.02 Å². The maximum atomic E-state index is 9.60. The van der Waals surface area contributed by atoms with Crippen LogP contribution >= 0.6 is 11.6 Å². The molecule has 0 aromatic heterocycles. The van der Waals surface area contributed by atoms with Gasteiger partial charge in [-0.1, -0.05) is 23.7 Å². The third-order valence-corrected chi connectivity index (χ3v) is 3.68. The summed E-state index contributed by atoms with van der Waals surface area (Å²) < 4.78 is 10.6. The van der Waals surface area contributed by atoms with Crippen LogP contribution < -0.4 is 5.32 Å². The van der Waals surface area contributed by atoms with Crippen molar-refractivity contribution in [3.63, 3.8) is 0 Å². The summed E-state index contributed by atoms with van der Waals surface area (Å²) in [6.45, 7) is 10.2. The fourth-order valence-electron chi connectivity index (χ4n) is 2.18. The molecule has 4 nitrogen and oxygen atoms in total. The molecular formula is C18H28ClNO3. The maximum Gasteiger partial charge on any atom is 0.293 e. The van der Waals surface area contributed by atoms with Crippen molar-refractivity contribution in [2.24, 2.45) is 0 Å². The second-order valence-electron chi connectivity index (χ2n) is 6.61. The number of hydrogen-bond donors (Lipinski definition) is 1. The zero-order valence-corrected chi connectivity index (χ0v) is 15.2. The first-order valence-electron chi connectivity index (χ1n) is 8.05. The van der Waals surface area contributed by atoms with Gasteiger partial charge in [0.25, 0.3) is 6.47 Å². The van der Waals surface area contributed by atoms with E-state index in [0.717, 1.165) is 31.0 Å². The maximum absolute atomic E-state index is 9.60. The molecule has 1 heterocycles. The van der Waals surface area contributed by atoms with E-state index in [-0.39, 0.29) is 11.7 Å². The molecule has 5 heteroatoms. The van der Waals surface area contributed by atoms with E-state index in [2.05, 4.69) is 17.0 Å². The summed E-state index contributed by atoms with van der Waals surface area (Å²) in [4.78, 5) is 9.60. The van der Waals surface area contributed by atoms with Crippen molar-refractivity contribution in [3.8, 4) is 0 Å². The smallest absolute Gasteiger partial charge is 0.293 e. The van der Waals surface area contributed by atoms with Crippen LogP contribution in [0.1, 0.15) is 52.2 Å². The molecule has 0 saturated carbocycles. The van der Waals surface area contributed by atoms with Crippen LogP contribution in [0.3, 0.4) is 0 Å². The lowest BCUT2D eigenvalue weighted by atomic mass is 10.1. The van der Waals surface area contributed by atoms with Crippen LogP contribution in [-0.2, 0) is 14.3 Å². The van der Waals surface area contributed by atoms with Gasteiger partial charge in [0.2, 0.25) is 0 Å². The zero-order valence-electron chi connectivity index (χ0n) is 14.5. The first-order valence-corrected chi connectivity index (χ1v) is 8.42. The lowest BCUT2D eigenvalue weighted by molar-refractivity contribution is -0.138. The van der Waals surface area contributed by atoms with Crippen molar-refractivity contribution in [1.29, 1.82) is 0 Å². The standard InChI is InChI=1S/C13H18ClNO.C5H10O2/c1-10(11-2-4-12(14)5-3-11)16-13-6-8-15-9-7-13;1-5(2,3)7-4-6/h2-5,10,13,15H,6-9H2,1H3;4H,1-3H3. The molecule has 1 aromatic rings. The molecule has 0 bridgehead atoms. The van der Waals surface area contributed by atoms with E-state index in [1.165, 1.54) is 5.56 Å². The molecule has 1 atom stereocenters. The van der Waals surface area contributed by atoms with Crippen LogP contribution in [0, 0.1) is 0 Å². The van der Waals surface area contributed by atoms with Crippen molar-refractivity contribution in [1.82, 2.24) is 5.32 Å². The average molecular weight is 342 g/mol. The van der Waals surface area contributed by atoms with E-state index in [0.29, 0.717) is 12.6 Å². The van der Waals surface area contributed by atoms with E-state index in [1.807, 2.05) is 45.0 Å². The summed E-state index contributed by atoms with van der Waals surface area (Å²) in [6.07, 6.45) is 2.77. The van der Waals surface area contributed by atoms with Crippen molar-refractivity contribution in [2.75, 3.05) is 13.1 Å². The number of benzene rings is 1. The second kappa shape index (κ2) is 9.91. The molecule has 0 amide bonds. The number of piperidine rings is 1. The summed E-state index contributed by atoms with van der Waals surface area (Å²) in [5.74, 6) is 0. The third-order valence-electron chi connectivity index (χ3n) is 3.42. The number of rotatable bonds is 4. The third kappa shape index (κ3) is 8.94. The SMILES string of the molecule is CC(C)(C)OC=O.CC(OC1CCNCC1)c1ccc(Cl)cc1. The molecule has 1 aliphatic heterocycles. The summed E-state index contributed by atoms with van der Waals surface area (Å²) in [5, 5.41) is 4.11. The van der Waals surface area contributed by atoms with E-state index in [4.69, 9.17) is 16.3 Å². The van der Waals surface area contributed by atoms with Crippen LogP contribution in [0.25, 0.3) is 0 Å². The van der Waals surface area contributed by atoms with Gasteiger partial charge in [0.15, 0.2) is 0 Å². The predicted molar refractivity (Wildman–Crippen MR) is 93.7 cm³/mol. The molecule has 1 N–H and O–H groups in total. The second-order valence-corrected chi connectivity index (χ2v) is 7.04. The minimum atomic E-state index is -0.318. The Morgan fingerprint density at radius 1 is 1.22 bits per heavy atom. The predicted octanol–water partition coefficient (Wildman–Crippen LogP) is 4.13. The van der Waals surface area contributed by atoms with Crippen LogP contribution in [0.4, 0.5) is 0 Å². The summed E-state index contributed by atoms with van der Waals surface area (Å²) in [5.41, 5.74) is 0.879. The van der Waals surface area contributed by atoms with Gasteiger partial charge in [-0.2, -0.15) is 0 Å². The number of carbonyl (C=O) groups is 1. The number of nitrogens with one attached hydrogen (secondary N) is 1. The molecule has 1 aromatic carbocycles. The van der Waals surface area contributed by atoms with E-state index < -0.39 is 0 Å². The Bertz CT molecular complexity index is 450. The highest BCUT2D eigenvalue weighted by Gasteiger charge is 2.17. The Labute approximate surface area is 144 Å². The monoisotopic (exact) mass is 341 g/mol. The van der Waals surface area contributed by atoms with Gasteiger partial charge in [-0.25, -0.2) is 0 Å². The molecule has 1 aliphatic rings. The number of carbonyl (C=O) groups excluding carboxylic acids is 1. The highest BCUT2D eigenvalue weighted by Crippen LogP contribution is 2.23. The fourth-order valence-corrected chi connectivity index (χ4v) is 2.30. The van der Waals surface area contributed by atoms with E-state index in [1.54, 1.807) is 0 Å². The van der Waals surface area contributed by atoms with Crippen molar-refractivity contribution >= 4 is 18.1 Å². The Morgan fingerprint density at radius 3 is 2.22 bits per heavy atom. The van der Waals surface area contributed by atoms with Gasteiger partial charge in [-0.15, -0.1) is 0 Å². The first kappa shape index (κ1) is 19.9. The highest BCUT2D eigenvalue weighted by molar-refractivity contribution is 6.30. The van der Waals surface area contributed by atoms with Gasteiger partial charge >= 0.3 is 0 Å². The Balaban J connectivity index is 0.000000322. The lowest BCUT2D eigenvalue weighted by Gasteiger charge is -2.26. The minimum Gasteiger partial charge on any atom is -0.462 e. The Kier molecular flexibility index (Phi) is 8.59. The molecular weight excluding hydrogens is 314 g/mol. The van der Waals surface area contributed by atoms with Crippen LogP contribution in [-0.4, -0.2) is 31.3 Å². The summed E-state index contributed by atoms with van der Waals surface area (Å²) in [7, 11) is 0.